The van der Waals surface area contributed by atoms with Gasteiger partial charge in [-0.15, -0.1) is 0 Å². The van der Waals surface area contributed by atoms with Gasteiger partial charge < -0.3 is 15.2 Å². The number of hydrogen-bond donors (Lipinski definition) is 2. The van der Waals surface area contributed by atoms with Gasteiger partial charge in [-0.3, -0.25) is 4.79 Å². The lowest BCUT2D eigenvalue weighted by Crippen LogP contribution is -2.41. The van der Waals surface area contributed by atoms with Gasteiger partial charge in [-0.2, -0.15) is 0 Å². The lowest BCUT2D eigenvalue weighted by Gasteiger charge is -2.14. The number of carboxylic acid groups (broad SMARTS) is 1. The van der Waals surface area contributed by atoms with Crippen molar-refractivity contribution < 1.29 is 19.4 Å². The number of nitrogens with one attached hydrogen (secondary N) is 1. The van der Waals surface area contributed by atoms with Gasteiger partial charge in [0.25, 0.3) is 0 Å². The van der Waals surface area contributed by atoms with Gasteiger partial charge in [-0.25, -0.2) is 4.79 Å². The van der Waals surface area contributed by atoms with E-state index in [1.54, 1.807) is 7.11 Å². The molecule has 1 rings (SSSR count). The van der Waals surface area contributed by atoms with Crippen molar-refractivity contribution in [3.63, 3.8) is 0 Å². The summed E-state index contributed by atoms with van der Waals surface area (Å²) in [4.78, 5) is 23.1. The summed E-state index contributed by atoms with van der Waals surface area (Å²) in [6, 6.07) is 4.95. The number of carboxylic acids is 1. The van der Waals surface area contributed by atoms with E-state index in [1.807, 2.05) is 32.0 Å². The van der Waals surface area contributed by atoms with Crippen molar-refractivity contribution in [3.8, 4) is 0 Å². The molecule has 0 aliphatic carbocycles. The van der Waals surface area contributed by atoms with Gasteiger partial charge in [0, 0.05) is 13.7 Å². The molecule has 1 atom stereocenters. The Morgan fingerprint density at radius 2 is 2.00 bits per heavy atom. The third-order valence-electron chi connectivity index (χ3n) is 3.41. The zero-order valence-corrected chi connectivity index (χ0v) is 12.8. The second-order valence-corrected chi connectivity index (χ2v) is 5.19. The van der Waals surface area contributed by atoms with Crippen LogP contribution in [0.3, 0.4) is 0 Å². The van der Waals surface area contributed by atoms with E-state index >= 15 is 0 Å². The van der Waals surface area contributed by atoms with Crippen LogP contribution in [0.1, 0.15) is 29.5 Å². The Labute approximate surface area is 125 Å². The monoisotopic (exact) mass is 293 g/mol. The number of carbonyl (C=O) groups excluding carboxylic acids is 1. The number of methoxy groups -OCH3 is 1. The SMILES string of the molecule is COCCCC(NC(=O)Cc1ccc(C)c(C)c1)C(=O)O. The third kappa shape index (κ3) is 5.95. The maximum Gasteiger partial charge on any atom is 0.326 e. The summed E-state index contributed by atoms with van der Waals surface area (Å²) in [6.45, 7) is 4.48. The first-order chi connectivity index (χ1) is 9.93. The first kappa shape index (κ1) is 17.2. The summed E-state index contributed by atoms with van der Waals surface area (Å²) in [5.74, 6) is -1.29. The average Bonchev–Trinajstić information content (AvgIpc) is 2.42. The summed E-state index contributed by atoms with van der Waals surface area (Å²) in [6.07, 6.45) is 1.15. The number of aliphatic carboxylic acids is 1. The van der Waals surface area contributed by atoms with E-state index in [-0.39, 0.29) is 12.3 Å². The second-order valence-electron chi connectivity index (χ2n) is 5.19. The highest BCUT2D eigenvalue weighted by atomic mass is 16.5. The summed E-state index contributed by atoms with van der Waals surface area (Å²) < 4.78 is 4.89. The Bertz CT molecular complexity index is 499. The normalized spacial score (nSPS) is 12.0. The van der Waals surface area contributed by atoms with Crippen LogP contribution in [-0.2, 0) is 20.7 Å². The molecule has 0 saturated heterocycles. The molecule has 2 N–H and O–H groups in total. The molecule has 0 fully saturated rings. The molecule has 1 unspecified atom stereocenters. The fourth-order valence-electron chi connectivity index (χ4n) is 2.03. The van der Waals surface area contributed by atoms with E-state index in [1.165, 1.54) is 5.56 Å². The Hall–Kier alpha value is -1.88. The van der Waals surface area contributed by atoms with Gasteiger partial charge in [0.15, 0.2) is 0 Å². The molecule has 0 bridgehead atoms. The molecular weight excluding hydrogens is 270 g/mol. The fourth-order valence-corrected chi connectivity index (χ4v) is 2.03. The van der Waals surface area contributed by atoms with Crippen molar-refractivity contribution >= 4 is 11.9 Å². The van der Waals surface area contributed by atoms with Crippen molar-refractivity contribution in [2.75, 3.05) is 13.7 Å². The molecule has 1 aromatic rings. The number of aryl methyl sites for hydroxylation is 2. The molecule has 5 nitrogen and oxygen atoms in total. The summed E-state index contributed by atoms with van der Waals surface area (Å²) >= 11 is 0. The lowest BCUT2D eigenvalue weighted by atomic mass is 10.0. The fraction of sp³-hybridized carbons (Fsp3) is 0.500. The zero-order valence-electron chi connectivity index (χ0n) is 12.8. The Balaban J connectivity index is 2.56. The van der Waals surface area contributed by atoms with Crippen LogP contribution >= 0.6 is 0 Å². The first-order valence-electron chi connectivity index (χ1n) is 7.01. The lowest BCUT2D eigenvalue weighted by molar-refractivity contribution is -0.142. The Morgan fingerprint density at radius 3 is 2.57 bits per heavy atom. The Morgan fingerprint density at radius 1 is 1.29 bits per heavy atom. The van der Waals surface area contributed by atoms with Crippen molar-refractivity contribution in [1.82, 2.24) is 5.32 Å². The van der Waals surface area contributed by atoms with E-state index < -0.39 is 12.0 Å². The highest BCUT2D eigenvalue weighted by Gasteiger charge is 2.19. The predicted octanol–water partition coefficient (Wildman–Crippen LogP) is 1.84. The van der Waals surface area contributed by atoms with E-state index in [4.69, 9.17) is 9.84 Å². The molecule has 1 amide bonds. The smallest absolute Gasteiger partial charge is 0.326 e. The van der Waals surface area contributed by atoms with E-state index in [0.717, 1.165) is 11.1 Å². The van der Waals surface area contributed by atoms with Crippen LogP contribution in [0, 0.1) is 13.8 Å². The molecule has 1 aromatic carbocycles. The number of benzene rings is 1. The van der Waals surface area contributed by atoms with Gasteiger partial charge in [0.1, 0.15) is 6.04 Å². The summed E-state index contributed by atoms with van der Waals surface area (Å²) in [5, 5.41) is 11.7. The van der Waals surface area contributed by atoms with Crippen molar-refractivity contribution in [3.05, 3.63) is 34.9 Å². The zero-order chi connectivity index (χ0) is 15.8. The van der Waals surface area contributed by atoms with Crippen LogP contribution in [0.15, 0.2) is 18.2 Å². The minimum Gasteiger partial charge on any atom is -0.480 e. The molecule has 0 heterocycles. The van der Waals surface area contributed by atoms with Gasteiger partial charge in [-0.05, 0) is 43.4 Å². The number of carbonyl (C=O) groups is 2. The maximum atomic E-state index is 12.0. The topological polar surface area (TPSA) is 75.6 Å². The van der Waals surface area contributed by atoms with Crippen molar-refractivity contribution in [1.29, 1.82) is 0 Å². The highest BCUT2D eigenvalue weighted by Crippen LogP contribution is 2.10. The van der Waals surface area contributed by atoms with Crippen molar-refractivity contribution in [2.24, 2.45) is 0 Å². The van der Waals surface area contributed by atoms with E-state index in [2.05, 4.69) is 5.32 Å². The maximum absolute atomic E-state index is 12.0. The molecule has 0 spiro atoms. The predicted molar refractivity (Wildman–Crippen MR) is 80.3 cm³/mol. The summed E-state index contributed by atoms with van der Waals surface area (Å²) in [5.41, 5.74) is 3.17. The largest absolute Gasteiger partial charge is 0.480 e. The van der Waals surface area contributed by atoms with Crippen LogP contribution in [0.25, 0.3) is 0 Å². The quantitative estimate of drug-likeness (QED) is 0.717. The third-order valence-corrected chi connectivity index (χ3v) is 3.41. The number of amides is 1. The van der Waals surface area contributed by atoms with E-state index in [9.17, 15) is 9.59 Å². The molecule has 0 aromatic heterocycles. The minimum absolute atomic E-state index is 0.190. The van der Waals surface area contributed by atoms with Crippen LogP contribution in [0.5, 0.6) is 0 Å². The first-order valence-corrected chi connectivity index (χ1v) is 7.01. The number of hydrogen-bond acceptors (Lipinski definition) is 3. The molecule has 0 saturated carbocycles. The number of rotatable bonds is 8. The molecular formula is C16H23NO4. The van der Waals surface area contributed by atoms with Crippen LogP contribution in [0.4, 0.5) is 0 Å². The summed E-state index contributed by atoms with van der Waals surface area (Å²) in [7, 11) is 1.56. The molecule has 116 valence electrons. The van der Waals surface area contributed by atoms with Gasteiger partial charge in [-0.1, -0.05) is 18.2 Å². The molecule has 0 radical (unpaired) electrons. The molecule has 0 aliphatic rings. The molecule has 5 heteroatoms. The number of ether oxygens (including phenoxy) is 1. The minimum atomic E-state index is -1.01. The van der Waals surface area contributed by atoms with Crippen LogP contribution in [0.2, 0.25) is 0 Å². The van der Waals surface area contributed by atoms with Crippen LogP contribution in [-0.4, -0.2) is 36.7 Å². The average molecular weight is 293 g/mol. The highest BCUT2D eigenvalue weighted by molar-refractivity contribution is 5.84. The molecule has 0 aliphatic heterocycles. The Kier molecular flexibility index (Phi) is 6.88. The second kappa shape index (κ2) is 8.42. The van der Waals surface area contributed by atoms with Gasteiger partial charge >= 0.3 is 5.97 Å². The standard InChI is InChI=1S/C16H23NO4/c1-11-6-7-13(9-12(11)2)10-15(18)17-14(16(19)20)5-4-8-21-3/h6-7,9,14H,4-5,8,10H2,1-3H3,(H,17,18)(H,19,20). The van der Waals surface area contributed by atoms with Gasteiger partial charge in [0.2, 0.25) is 5.91 Å². The van der Waals surface area contributed by atoms with E-state index in [0.29, 0.717) is 19.4 Å². The van der Waals surface area contributed by atoms with Crippen molar-refractivity contribution in [2.45, 2.75) is 39.2 Å². The van der Waals surface area contributed by atoms with Gasteiger partial charge in [0.05, 0.1) is 6.42 Å². The molecule has 21 heavy (non-hydrogen) atoms. The van der Waals surface area contributed by atoms with Crippen LogP contribution < -0.4 is 5.32 Å².